The molecule has 1 saturated carbocycles. The summed E-state index contributed by atoms with van der Waals surface area (Å²) in [4.78, 5) is 0.276. The van der Waals surface area contributed by atoms with E-state index in [-0.39, 0.29) is 11.0 Å². The second kappa shape index (κ2) is 5.48. The second-order valence-electron chi connectivity index (χ2n) is 5.07. The van der Waals surface area contributed by atoms with Crippen LogP contribution in [0, 0.1) is 5.92 Å². The molecule has 106 valence electrons. The van der Waals surface area contributed by atoms with E-state index in [9.17, 15) is 8.42 Å². The van der Waals surface area contributed by atoms with Gasteiger partial charge in [0.1, 0.15) is 5.75 Å². The molecule has 0 saturated heterocycles. The van der Waals surface area contributed by atoms with E-state index in [1.54, 1.807) is 24.3 Å². The summed E-state index contributed by atoms with van der Waals surface area (Å²) in [5.41, 5.74) is 5.56. The van der Waals surface area contributed by atoms with Crippen molar-refractivity contribution in [3.63, 3.8) is 0 Å². The van der Waals surface area contributed by atoms with Crippen LogP contribution in [-0.2, 0) is 10.0 Å². The molecular formula is C13H20N2O3S. The van der Waals surface area contributed by atoms with Gasteiger partial charge in [0.05, 0.1) is 11.0 Å². The van der Waals surface area contributed by atoms with E-state index >= 15 is 0 Å². The zero-order chi connectivity index (χ0) is 14.0. The average Bonchev–Trinajstić information content (AvgIpc) is 2.33. The van der Waals surface area contributed by atoms with Gasteiger partial charge in [-0.3, -0.25) is 0 Å². The van der Waals surface area contributed by atoms with Crippen LogP contribution in [0.4, 0.5) is 0 Å². The number of hydrogen-bond donors (Lipinski definition) is 1. The van der Waals surface area contributed by atoms with Crippen molar-refractivity contribution in [1.82, 2.24) is 4.31 Å². The van der Waals surface area contributed by atoms with E-state index in [2.05, 4.69) is 0 Å². The van der Waals surface area contributed by atoms with Crippen LogP contribution < -0.4 is 10.5 Å². The first-order valence-electron chi connectivity index (χ1n) is 6.33. The van der Waals surface area contributed by atoms with Crippen LogP contribution in [0.5, 0.6) is 5.75 Å². The van der Waals surface area contributed by atoms with Crippen LogP contribution in [0.15, 0.2) is 29.2 Å². The van der Waals surface area contributed by atoms with E-state index in [4.69, 9.17) is 10.5 Å². The molecule has 1 aliphatic carbocycles. The van der Waals surface area contributed by atoms with Crippen molar-refractivity contribution < 1.29 is 13.2 Å². The van der Waals surface area contributed by atoms with Crippen molar-refractivity contribution in [3.05, 3.63) is 24.3 Å². The van der Waals surface area contributed by atoms with Crippen LogP contribution in [-0.4, -0.2) is 39.5 Å². The molecule has 1 aromatic rings. The van der Waals surface area contributed by atoms with Crippen LogP contribution in [0.3, 0.4) is 0 Å². The minimum Gasteiger partial charge on any atom is -0.490 e. The van der Waals surface area contributed by atoms with Gasteiger partial charge in [-0.05, 0) is 49.6 Å². The molecule has 5 nitrogen and oxygen atoms in total. The molecule has 0 bridgehead atoms. The Hall–Kier alpha value is -1.11. The molecule has 0 aromatic heterocycles. The Labute approximate surface area is 114 Å². The lowest BCUT2D eigenvalue weighted by Gasteiger charge is -2.34. The normalized spacial score (nSPS) is 23.2. The number of rotatable bonds is 5. The van der Waals surface area contributed by atoms with Gasteiger partial charge in [-0.2, -0.15) is 0 Å². The Morgan fingerprint density at radius 1 is 1.26 bits per heavy atom. The number of sulfonamides is 1. The van der Waals surface area contributed by atoms with Crippen molar-refractivity contribution in [2.45, 2.75) is 23.8 Å². The molecule has 1 fully saturated rings. The molecule has 2 rings (SSSR count). The Bertz CT molecular complexity index is 519. The highest BCUT2D eigenvalue weighted by Gasteiger charge is 2.29. The lowest BCUT2D eigenvalue weighted by Crippen LogP contribution is -2.37. The Morgan fingerprint density at radius 2 is 1.84 bits per heavy atom. The van der Waals surface area contributed by atoms with E-state index in [1.165, 1.54) is 18.4 Å². The lowest BCUT2D eigenvalue weighted by atomic mass is 9.82. The zero-order valence-corrected chi connectivity index (χ0v) is 12.1. The van der Waals surface area contributed by atoms with Gasteiger partial charge in [0.15, 0.2) is 0 Å². The highest BCUT2D eigenvalue weighted by molar-refractivity contribution is 7.89. The van der Waals surface area contributed by atoms with Gasteiger partial charge in [0.2, 0.25) is 10.0 Å². The predicted molar refractivity (Wildman–Crippen MR) is 73.5 cm³/mol. The Kier molecular flexibility index (Phi) is 4.13. The number of benzene rings is 1. The van der Waals surface area contributed by atoms with Crippen molar-refractivity contribution in [2.75, 3.05) is 20.6 Å². The highest BCUT2D eigenvalue weighted by Crippen LogP contribution is 2.30. The van der Waals surface area contributed by atoms with E-state index < -0.39 is 10.0 Å². The molecule has 0 atom stereocenters. The summed E-state index contributed by atoms with van der Waals surface area (Å²) < 4.78 is 30.7. The summed E-state index contributed by atoms with van der Waals surface area (Å²) in [6.45, 7) is 0.708. The number of nitrogens with two attached hydrogens (primary N) is 1. The number of ether oxygens (including phenoxy) is 1. The van der Waals surface area contributed by atoms with Crippen molar-refractivity contribution in [1.29, 1.82) is 0 Å². The molecule has 6 heteroatoms. The molecule has 1 aliphatic rings. The van der Waals surface area contributed by atoms with Gasteiger partial charge < -0.3 is 10.5 Å². The summed E-state index contributed by atoms with van der Waals surface area (Å²) >= 11 is 0. The molecule has 0 radical (unpaired) electrons. The summed E-state index contributed by atoms with van der Waals surface area (Å²) in [6, 6.07) is 6.55. The minimum atomic E-state index is -3.37. The van der Waals surface area contributed by atoms with Crippen LogP contribution in [0.1, 0.15) is 12.8 Å². The third kappa shape index (κ3) is 3.08. The average molecular weight is 284 g/mol. The topological polar surface area (TPSA) is 72.6 Å². The number of hydrogen-bond acceptors (Lipinski definition) is 4. The van der Waals surface area contributed by atoms with Crippen LogP contribution >= 0.6 is 0 Å². The third-order valence-corrected chi connectivity index (χ3v) is 5.26. The molecular weight excluding hydrogens is 264 g/mol. The van der Waals surface area contributed by atoms with E-state index in [0.29, 0.717) is 18.2 Å². The van der Waals surface area contributed by atoms with Crippen molar-refractivity contribution in [3.8, 4) is 5.75 Å². The maximum atomic E-state index is 11.9. The van der Waals surface area contributed by atoms with Gasteiger partial charge >= 0.3 is 0 Å². The van der Waals surface area contributed by atoms with Gasteiger partial charge in [-0.15, -0.1) is 0 Å². The summed E-state index contributed by atoms with van der Waals surface area (Å²) in [7, 11) is -0.335. The fraction of sp³-hybridized carbons (Fsp3) is 0.538. The van der Waals surface area contributed by atoms with Gasteiger partial charge in [0.25, 0.3) is 0 Å². The predicted octanol–water partition coefficient (Wildman–Crippen LogP) is 1.05. The summed E-state index contributed by atoms with van der Waals surface area (Å²) in [6.07, 6.45) is 2.17. The molecule has 2 N–H and O–H groups in total. The van der Waals surface area contributed by atoms with Gasteiger partial charge in [-0.25, -0.2) is 12.7 Å². The molecule has 0 aliphatic heterocycles. The number of nitrogens with zero attached hydrogens (tertiary/aromatic N) is 1. The standard InChI is InChI=1S/C13H20N2O3S/c1-15(2)19(16,17)13-5-3-11(4-6-13)18-12-7-10(8-12)9-14/h3-6,10,12H,7-9,14H2,1-2H3. The van der Waals surface area contributed by atoms with Crippen LogP contribution in [0.2, 0.25) is 0 Å². The quantitative estimate of drug-likeness (QED) is 0.877. The zero-order valence-electron chi connectivity index (χ0n) is 11.2. The fourth-order valence-electron chi connectivity index (χ4n) is 2.06. The first kappa shape index (κ1) is 14.3. The largest absolute Gasteiger partial charge is 0.490 e. The van der Waals surface area contributed by atoms with Gasteiger partial charge in [-0.1, -0.05) is 0 Å². The molecule has 0 amide bonds. The Morgan fingerprint density at radius 3 is 2.32 bits per heavy atom. The molecule has 1 aromatic carbocycles. The fourth-order valence-corrected chi connectivity index (χ4v) is 2.96. The smallest absolute Gasteiger partial charge is 0.242 e. The molecule has 19 heavy (non-hydrogen) atoms. The highest BCUT2D eigenvalue weighted by atomic mass is 32.2. The minimum absolute atomic E-state index is 0.213. The van der Waals surface area contributed by atoms with Crippen molar-refractivity contribution in [2.24, 2.45) is 11.7 Å². The lowest BCUT2D eigenvalue weighted by molar-refractivity contribution is 0.0690. The summed E-state index contributed by atoms with van der Waals surface area (Å²) in [5.74, 6) is 1.27. The third-order valence-electron chi connectivity index (χ3n) is 3.43. The van der Waals surface area contributed by atoms with Gasteiger partial charge in [0, 0.05) is 14.1 Å². The molecule has 0 heterocycles. The maximum absolute atomic E-state index is 11.9. The molecule has 0 spiro atoms. The monoisotopic (exact) mass is 284 g/mol. The maximum Gasteiger partial charge on any atom is 0.242 e. The van der Waals surface area contributed by atoms with E-state index in [1.807, 2.05) is 0 Å². The van der Waals surface area contributed by atoms with Crippen LogP contribution in [0.25, 0.3) is 0 Å². The first-order chi connectivity index (χ1) is 8.93. The van der Waals surface area contributed by atoms with Crippen molar-refractivity contribution >= 4 is 10.0 Å². The van der Waals surface area contributed by atoms with E-state index in [0.717, 1.165) is 12.8 Å². The SMILES string of the molecule is CN(C)S(=O)(=O)c1ccc(OC2CC(CN)C2)cc1. The summed E-state index contributed by atoms with van der Waals surface area (Å²) in [5, 5.41) is 0. The second-order valence-corrected chi connectivity index (χ2v) is 7.22. The Balaban J connectivity index is 2.00. The molecule has 0 unspecified atom stereocenters. The first-order valence-corrected chi connectivity index (χ1v) is 7.77.